The Morgan fingerprint density at radius 3 is 2.78 bits per heavy atom. The first-order chi connectivity index (χ1) is 13.1. The van der Waals surface area contributed by atoms with E-state index < -0.39 is 0 Å². The van der Waals surface area contributed by atoms with Gasteiger partial charge in [-0.2, -0.15) is 0 Å². The lowest BCUT2D eigenvalue weighted by atomic mass is 9.86. The first-order valence-electron chi connectivity index (χ1n) is 10.3. The van der Waals surface area contributed by atoms with E-state index in [1.165, 1.54) is 5.56 Å². The molecule has 1 fully saturated rings. The lowest BCUT2D eigenvalue weighted by Crippen LogP contribution is -2.39. The average molecular weight is 376 g/mol. The van der Waals surface area contributed by atoms with Gasteiger partial charge in [-0.25, -0.2) is 0 Å². The molecular weight excluding hydrogens is 338 g/mol. The van der Waals surface area contributed by atoms with Crippen molar-refractivity contribution < 1.29 is 9.47 Å². The second-order valence-corrected chi connectivity index (χ2v) is 8.11. The van der Waals surface area contributed by atoms with Crippen molar-refractivity contribution in [2.75, 3.05) is 46.1 Å². The number of aliphatic imine (C=N–C) groups is 1. The monoisotopic (exact) mass is 375 g/mol. The molecular formula is C22H37N3O2. The van der Waals surface area contributed by atoms with Gasteiger partial charge in [0.25, 0.3) is 0 Å². The zero-order valence-electron chi connectivity index (χ0n) is 17.3. The van der Waals surface area contributed by atoms with Crippen LogP contribution in [0.5, 0.6) is 0 Å². The third-order valence-corrected chi connectivity index (χ3v) is 4.67. The molecule has 27 heavy (non-hydrogen) atoms. The van der Waals surface area contributed by atoms with Gasteiger partial charge in [-0.15, -0.1) is 0 Å². The summed E-state index contributed by atoms with van der Waals surface area (Å²) in [5, 5.41) is 6.76. The molecule has 1 aromatic rings. The highest BCUT2D eigenvalue weighted by Crippen LogP contribution is 2.22. The summed E-state index contributed by atoms with van der Waals surface area (Å²) in [5.41, 5.74) is 1.48. The molecule has 0 amide bonds. The number of guanidine groups is 1. The molecule has 0 spiro atoms. The molecule has 0 saturated carbocycles. The second-order valence-electron chi connectivity index (χ2n) is 8.11. The minimum Gasteiger partial charge on any atom is -0.381 e. The zero-order valence-corrected chi connectivity index (χ0v) is 17.3. The lowest BCUT2D eigenvalue weighted by molar-refractivity contribution is 0.0888. The van der Waals surface area contributed by atoms with Crippen molar-refractivity contribution in [3.05, 3.63) is 35.9 Å². The number of hydrogen-bond acceptors (Lipinski definition) is 3. The Kier molecular flexibility index (Phi) is 9.64. The van der Waals surface area contributed by atoms with Gasteiger partial charge in [0.1, 0.15) is 0 Å². The van der Waals surface area contributed by atoms with Gasteiger partial charge in [-0.3, -0.25) is 4.99 Å². The molecule has 1 saturated heterocycles. The van der Waals surface area contributed by atoms with Crippen LogP contribution in [-0.4, -0.2) is 52.0 Å². The van der Waals surface area contributed by atoms with Crippen molar-refractivity contribution in [1.82, 2.24) is 10.6 Å². The minimum atomic E-state index is 0.121. The summed E-state index contributed by atoms with van der Waals surface area (Å²) in [7, 11) is 0. The molecule has 5 nitrogen and oxygen atoms in total. The summed E-state index contributed by atoms with van der Waals surface area (Å²) in [4.78, 5) is 4.80. The molecule has 1 unspecified atom stereocenters. The summed E-state index contributed by atoms with van der Waals surface area (Å²) >= 11 is 0. The highest BCUT2D eigenvalue weighted by Gasteiger charge is 2.18. The van der Waals surface area contributed by atoms with Crippen LogP contribution in [0.4, 0.5) is 0 Å². The number of nitrogens with zero attached hydrogens (tertiary/aromatic N) is 1. The summed E-state index contributed by atoms with van der Waals surface area (Å²) in [6, 6.07) is 10.6. The normalized spacial score (nSPS) is 17.9. The molecule has 2 rings (SSSR count). The molecule has 1 aliphatic rings. The zero-order chi connectivity index (χ0) is 19.4. The predicted octanol–water partition coefficient (Wildman–Crippen LogP) is 3.25. The van der Waals surface area contributed by atoms with E-state index in [4.69, 9.17) is 14.5 Å². The summed E-state index contributed by atoms with van der Waals surface area (Å²) in [6.45, 7) is 12.5. The van der Waals surface area contributed by atoms with E-state index >= 15 is 0 Å². The smallest absolute Gasteiger partial charge is 0.191 e. The Morgan fingerprint density at radius 1 is 1.26 bits per heavy atom. The van der Waals surface area contributed by atoms with Gasteiger partial charge < -0.3 is 20.1 Å². The number of hydrogen-bond donors (Lipinski definition) is 2. The van der Waals surface area contributed by atoms with Gasteiger partial charge in [0.05, 0.1) is 13.2 Å². The molecule has 0 radical (unpaired) electrons. The van der Waals surface area contributed by atoms with E-state index in [0.717, 1.165) is 71.3 Å². The van der Waals surface area contributed by atoms with Gasteiger partial charge in [0.2, 0.25) is 0 Å². The average Bonchev–Trinajstić information content (AvgIpc) is 3.16. The molecule has 5 heteroatoms. The van der Waals surface area contributed by atoms with Crippen LogP contribution in [0.2, 0.25) is 0 Å². The van der Waals surface area contributed by atoms with Gasteiger partial charge in [0.15, 0.2) is 5.96 Å². The predicted molar refractivity (Wildman–Crippen MR) is 112 cm³/mol. The summed E-state index contributed by atoms with van der Waals surface area (Å²) in [5.74, 6) is 1.48. The highest BCUT2D eigenvalue weighted by atomic mass is 16.5. The van der Waals surface area contributed by atoms with Crippen LogP contribution in [0.15, 0.2) is 35.3 Å². The van der Waals surface area contributed by atoms with Crippen LogP contribution in [0.3, 0.4) is 0 Å². The molecule has 1 heterocycles. The van der Waals surface area contributed by atoms with Gasteiger partial charge in [-0.1, -0.05) is 44.2 Å². The van der Waals surface area contributed by atoms with Crippen LogP contribution < -0.4 is 10.6 Å². The van der Waals surface area contributed by atoms with Crippen LogP contribution in [0, 0.1) is 11.3 Å². The highest BCUT2D eigenvalue weighted by molar-refractivity contribution is 5.79. The molecule has 0 aromatic heterocycles. The lowest BCUT2D eigenvalue weighted by Gasteiger charge is -2.23. The molecule has 2 N–H and O–H groups in total. The molecule has 1 atom stereocenters. The van der Waals surface area contributed by atoms with Crippen molar-refractivity contribution >= 4 is 5.96 Å². The fourth-order valence-electron chi connectivity index (χ4n) is 3.18. The Morgan fingerprint density at radius 2 is 2.07 bits per heavy atom. The van der Waals surface area contributed by atoms with Crippen LogP contribution in [0.1, 0.15) is 39.2 Å². The SMILES string of the molecule is CCNC(=NCC(C)(C)Cc1ccccc1)NCCCOCC1CCOC1. The van der Waals surface area contributed by atoms with E-state index in [0.29, 0.717) is 5.92 Å². The Bertz CT molecular complexity index is 540. The number of ether oxygens (including phenoxy) is 2. The topological polar surface area (TPSA) is 54.9 Å². The second kappa shape index (κ2) is 12.0. The third-order valence-electron chi connectivity index (χ3n) is 4.67. The minimum absolute atomic E-state index is 0.121. The standard InChI is InChI=1S/C22H37N3O2/c1-4-23-21(24-12-8-13-26-16-20-11-14-27-17-20)25-18-22(2,3)15-19-9-6-5-7-10-19/h5-7,9-10,20H,4,8,11-18H2,1-3H3,(H2,23,24,25). The summed E-state index contributed by atoms with van der Waals surface area (Å²) in [6.07, 6.45) is 3.13. The van der Waals surface area contributed by atoms with Gasteiger partial charge >= 0.3 is 0 Å². The van der Waals surface area contributed by atoms with Gasteiger partial charge in [0, 0.05) is 38.8 Å². The fourth-order valence-corrected chi connectivity index (χ4v) is 3.18. The Labute approximate surface area is 164 Å². The van der Waals surface area contributed by atoms with Crippen LogP contribution in [0.25, 0.3) is 0 Å². The maximum Gasteiger partial charge on any atom is 0.191 e. The molecule has 0 aliphatic carbocycles. The fraction of sp³-hybridized carbons (Fsp3) is 0.682. The van der Waals surface area contributed by atoms with Crippen molar-refractivity contribution in [2.24, 2.45) is 16.3 Å². The maximum atomic E-state index is 5.76. The largest absolute Gasteiger partial charge is 0.381 e. The summed E-state index contributed by atoms with van der Waals surface area (Å²) < 4.78 is 11.1. The van der Waals surface area contributed by atoms with Crippen molar-refractivity contribution in [2.45, 2.75) is 40.0 Å². The van der Waals surface area contributed by atoms with Crippen molar-refractivity contribution in [3.8, 4) is 0 Å². The Balaban J connectivity index is 1.67. The first-order valence-corrected chi connectivity index (χ1v) is 10.3. The molecule has 1 aromatic carbocycles. The quantitative estimate of drug-likeness (QED) is 0.354. The van der Waals surface area contributed by atoms with E-state index in [9.17, 15) is 0 Å². The van der Waals surface area contributed by atoms with Crippen molar-refractivity contribution in [1.29, 1.82) is 0 Å². The van der Waals surface area contributed by atoms with Gasteiger partial charge in [-0.05, 0) is 37.2 Å². The number of nitrogens with one attached hydrogen (secondary N) is 2. The van der Waals surface area contributed by atoms with E-state index in [1.54, 1.807) is 0 Å². The maximum absolute atomic E-state index is 5.76. The number of benzene rings is 1. The first kappa shape index (κ1) is 21.7. The molecule has 152 valence electrons. The molecule has 0 bridgehead atoms. The van der Waals surface area contributed by atoms with E-state index in [2.05, 4.69) is 61.7 Å². The van der Waals surface area contributed by atoms with E-state index in [1.807, 2.05) is 0 Å². The van der Waals surface area contributed by atoms with E-state index in [-0.39, 0.29) is 5.41 Å². The van der Waals surface area contributed by atoms with Crippen molar-refractivity contribution in [3.63, 3.8) is 0 Å². The third kappa shape index (κ3) is 9.25. The van der Waals surface area contributed by atoms with Crippen LogP contribution >= 0.6 is 0 Å². The molecule has 1 aliphatic heterocycles. The number of rotatable bonds is 11. The van der Waals surface area contributed by atoms with Crippen LogP contribution in [-0.2, 0) is 15.9 Å². The Hall–Kier alpha value is -1.59.